The maximum absolute atomic E-state index is 11.0. The Balaban J connectivity index is 0.00000484. The maximum atomic E-state index is 11.0. The first-order valence-corrected chi connectivity index (χ1v) is 9.02. The lowest BCUT2D eigenvalue weighted by molar-refractivity contribution is 0.153. The second-order valence-electron chi connectivity index (χ2n) is 5.09. The highest BCUT2D eigenvalue weighted by molar-refractivity contribution is 14.0. The lowest BCUT2D eigenvalue weighted by atomic mass is 10.3. The third-order valence-corrected chi connectivity index (χ3v) is 3.79. The van der Waals surface area contributed by atoms with Crippen molar-refractivity contribution in [2.24, 2.45) is 12.0 Å². The summed E-state index contributed by atoms with van der Waals surface area (Å²) < 4.78 is 28.9. The van der Waals surface area contributed by atoms with E-state index in [-0.39, 0.29) is 36.3 Å². The molecular formula is C13H26IN5O3S. The second-order valence-corrected chi connectivity index (χ2v) is 7.35. The molecule has 1 aromatic rings. The van der Waals surface area contributed by atoms with E-state index in [4.69, 9.17) is 4.74 Å². The Kier molecular flexibility index (Phi) is 10.4. The Morgan fingerprint density at radius 1 is 1.48 bits per heavy atom. The van der Waals surface area contributed by atoms with Crippen LogP contribution in [0.5, 0.6) is 0 Å². The van der Waals surface area contributed by atoms with E-state index in [0.717, 1.165) is 11.5 Å². The van der Waals surface area contributed by atoms with Crippen molar-refractivity contribution < 1.29 is 13.2 Å². The minimum Gasteiger partial charge on any atom is -0.379 e. The van der Waals surface area contributed by atoms with Crippen LogP contribution in [0.4, 0.5) is 0 Å². The van der Waals surface area contributed by atoms with E-state index in [9.17, 15) is 8.42 Å². The quantitative estimate of drug-likeness (QED) is 0.257. The van der Waals surface area contributed by atoms with Gasteiger partial charge < -0.3 is 15.0 Å². The SMILES string of the molecule is CN=C(NCCOCCS(C)(=O)=O)N(C)Cc1cnn(C)c1.I. The van der Waals surface area contributed by atoms with Gasteiger partial charge >= 0.3 is 0 Å². The van der Waals surface area contributed by atoms with E-state index in [1.165, 1.54) is 6.26 Å². The molecule has 0 atom stereocenters. The predicted octanol–water partition coefficient (Wildman–Crippen LogP) is 0.107. The number of hydrogen-bond acceptors (Lipinski definition) is 5. The molecule has 8 nitrogen and oxygen atoms in total. The molecule has 0 aliphatic heterocycles. The molecule has 0 saturated heterocycles. The number of aliphatic imine (C=N–C) groups is 1. The molecule has 1 heterocycles. The van der Waals surface area contributed by atoms with E-state index < -0.39 is 9.84 Å². The molecule has 0 spiro atoms. The number of sulfone groups is 1. The van der Waals surface area contributed by atoms with Crippen molar-refractivity contribution in [3.8, 4) is 0 Å². The van der Waals surface area contributed by atoms with Gasteiger partial charge in [0.2, 0.25) is 0 Å². The molecule has 0 unspecified atom stereocenters. The Hall–Kier alpha value is -0.880. The Morgan fingerprint density at radius 3 is 2.70 bits per heavy atom. The first-order chi connectivity index (χ1) is 10.3. The van der Waals surface area contributed by atoms with Crippen molar-refractivity contribution in [1.82, 2.24) is 20.0 Å². The monoisotopic (exact) mass is 459 g/mol. The number of nitrogens with zero attached hydrogens (tertiary/aromatic N) is 4. The predicted molar refractivity (Wildman–Crippen MR) is 102 cm³/mol. The molecule has 0 bridgehead atoms. The van der Waals surface area contributed by atoms with Gasteiger partial charge in [0.05, 0.1) is 25.2 Å². The van der Waals surface area contributed by atoms with Gasteiger partial charge in [-0.1, -0.05) is 0 Å². The molecule has 1 aromatic heterocycles. The van der Waals surface area contributed by atoms with E-state index >= 15 is 0 Å². The number of halogens is 1. The molecule has 0 radical (unpaired) electrons. The largest absolute Gasteiger partial charge is 0.379 e. The van der Waals surface area contributed by atoms with Gasteiger partial charge in [0, 0.05) is 52.2 Å². The molecule has 0 amide bonds. The first-order valence-electron chi connectivity index (χ1n) is 6.96. The average molecular weight is 459 g/mol. The van der Waals surface area contributed by atoms with Crippen LogP contribution in [-0.4, -0.2) is 74.9 Å². The molecule has 1 N–H and O–H groups in total. The van der Waals surface area contributed by atoms with Crippen molar-refractivity contribution in [3.05, 3.63) is 18.0 Å². The molecule has 1 rings (SSSR count). The van der Waals surface area contributed by atoms with Gasteiger partial charge in [-0.2, -0.15) is 5.10 Å². The van der Waals surface area contributed by atoms with Crippen molar-refractivity contribution in [3.63, 3.8) is 0 Å². The van der Waals surface area contributed by atoms with Gasteiger partial charge in [-0.25, -0.2) is 8.42 Å². The summed E-state index contributed by atoms with van der Waals surface area (Å²) in [6.07, 6.45) is 4.97. The van der Waals surface area contributed by atoms with E-state index in [0.29, 0.717) is 19.7 Å². The number of nitrogens with one attached hydrogen (secondary N) is 1. The fourth-order valence-electron chi connectivity index (χ4n) is 1.83. The number of hydrogen-bond donors (Lipinski definition) is 1. The molecule has 10 heteroatoms. The van der Waals surface area contributed by atoms with Gasteiger partial charge in [0.15, 0.2) is 5.96 Å². The lowest BCUT2D eigenvalue weighted by Gasteiger charge is -2.21. The van der Waals surface area contributed by atoms with E-state index in [2.05, 4.69) is 15.4 Å². The zero-order valence-electron chi connectivity index (χ0n) is 14.0. The lowest BCUT2D eigenvalue weighted by Crippen LogP contribution is -2.40. The summed E-state index contributed by atoms with van der Waals surface area (Å²) in [5, 5.41) is 7.30. The van der Waals surface area contributed by atoms with Crippen LogP contribution in [0.15, 0.2) is 17.4 Å². The van der Waals surface area contributed by atoms with Crippen molar-refractivity contribution >= 4 is 39.8 Å². The molecule has 23 heavy (non-hydrogen) atoms. The molecule has 0 aromatic carbocycles. The highest BCUT2D eigenvalue weighted by atomic mass is 127. The van der Waals surface area contributed by atoms with Crippen molar-refractivity contribution in [1.29, 1.82) is 0 Å². The smallest absolute Gasteiger partial charge is 0.193 e. The average Bonchev–Trinajstić information content (AvgIpc) is 2.82. The Morgan fingerprint density at radius 2 is 2.17 bits per heavy atom. The van der Waals surface area contributed by atoms with Gasteiger partial charge in [-0.05, 0) is 0 Å². The summed E-state index contributed by atoms with van der Waals surface area (Å²) in [7, 11) is 2.57. The molecule has 0 fully saturated rings. The number of rotatable bonds is 8. The van der Waals surface area contributed by atoms with E-state index in [1.54, 1.807) is 11.7 Å². The number of guanidine groups is 1. The van der Waals surface area contributed by atoms with Crippen LogP contribution in [0.1, 0.15) is 5.56 Å². The third-order valence-electron chi connectivity index (χ3n) is 2.88. The molecule has 0 aliphatic rings. The summed E-state index contributed by atoms with van der Waals surface area (Å²) in [5.74, 6) is 0.790. The third kappa shape index (κ3) is 9.76. The minimum atomic E-state index is -2.96. The van der Waals surface area contributed by atoms with Gasteiger partial charge in [0.25, 0.3) is 0 Å². The summed E-state index contributed by atoms with van der Waals surface area (Å²) in [6.45, 7) is 1.90. The van der Waals surface area contributed by atoms with Crippen LogP contribution in [0.3, 0.4) is 0 Å². The molecule has 134 valence electrons. The molecule has 0 saturated carbocycles. The summed E-state index contributed by atoms with van der Waals surface area (Å²) in [5.41, 5.74) is 1.09. The van der Waals surface area contributed by atoms with Gasteiger partial charge in [-0.15, -0.1) is 24.0 Å². The van der Waals surface area contributed by atoms with Crippen LogP contribution < -0.4 is 5.32 Å². The number of aromatic nitrogens is 2. The Bertz CT molecular complexity index is 588. The first kappa shape index (κ1) is 22.1. The molecular weight excluding hydrogens is 433 g/mol. The highest BCUT2D eigenvalue weighted by Gasteiger charge is 2.07. The van der Waals surface area contributed by atoms with Crippen LogP contribution in [-0.2, 0) is 28.2 Å². The second kappa shape index (κ2) is 10.8. The highest BCUT2D eigenvalue weighted by Crippen LogP contribution is 2.01. The van der Waals surface area contributed by atoms with Crippen molar-refractivity contribution in [2.45, 2.75) is 6.54 Å². The topological polar surface area (TPSA) is 88.8 Å². The van der Waals surface area contributed by atoms with Crippen LogP contribution in [0.2, 0.25) is 0 Å². The number of ether oxygens (including phenoxy) is 1. The zero-order valence-corrected chi connectivity index (χ0v) is 17.2. The summed E-state index contributed by atoms with van der Waals surface area (Å²) in [4.78, 5) is 6.18. The fraction of sp³-hybridized carbons (Fsp3) is 0.692. The van der Waals surface area contributed by atoms with Crippen LogP contribution >= 0.6 is 24.0 Å². The minimum absolute atomic E-state index is 0. The molecule has 0 aliphatic carbocycles. The van der Waals surface area contributed by atoms with Gasteiger partial charge in [0.1, 0.15) is 9.84 Å². The van der Waals surface area contributed by atoms with Crippen LogP contribution in [0.25, 0.3) is 0 Å². The summed E-state index contributed by atoms with van der Waals surface area (Å²) >= 11 is 0. The summed E-state index contributed by atoms with van der Waals surface area (Å²) in [6, 6.07) is 0. The standard InChI is InChI=1S/C13H25N5O3S.HI/c1-14-13(15-5-6-21-7-8-22(4,19)20)17(2)10-12-9-16-18(3)11-12;/h9,11H,5-8,10H2,1-4H3,(H,14,15);1H. The Labute approximate surface area is 155 Å². The van der Waals surface area contributed by atoms with E-state index in [1.807, 2.05) is 31.4 Å². The number of aryl methyl sites for hydroxylation is 1. The van der Waals surface area contributed by atoms with Crippen LogP contribution in [0, 0.1) is 0 Å². The maximum Gasteiger partial charge on any atom is 0.193 e. The van der Waals surface area contributed by atoms with Crippen molar-refractivity contribution in [2.75, 3.05) is 45.9 Å². The van der Waals surface area contributed by atoms with Gasteiger partial charge in [-0.3, -0.25) is 9.67 Å². The normalized spacial score (nSPS) is 11.9. The fourth-order valence-corrected chi connectivity index (χ4v) is 2.25. The zero-order chi connectivity index (χ0) is 16.6.